The van der Waals surface area contributed by atoms with E-state index in [1.165, 1.54) is 13.2 Å². The number of ether oxygens (including phenoxy) is 1. The van der Waals surface area contributed by atoms with Crippen LogP contribution in [-0.4, -0.2) is 39.0 Å². The van der Waals surface area contributed by atoms with E-state index in [4.69, 9.17) is 9.15 Å². The van der Waals surface area contributed by atoms with Gasteiger partial charge in [0.15, 0.2) is 9.84 Å². The molecule has 1 saturated heterocycles. The van der Waals surface area contributed by atoms with Gasteiger partial charge in [0, 0.05) is 30.0 Å². The van der Waals surface area contributed by atoms with Crippen molar-refractivity contribution in [2.24, 2.45) is 0 Å². The van der Waals surface area contributed by atoms with Crippen molar-refractivity contribution in [2.45, 2.75) is 25.3 Å². The molecule has 4 rings (SSSR count). The van der Waals surface area contributed by atoms with Gasteiger partial charge >= 0.3 is 5.63 Å². The van der Waals surface area contributed by atoms with E-state index in [0.717, 1.165) is 22.1 Å². The molecule has 1 fully saturated rings. The average Bonchev–Trinajstić information content (AvgIpc) is 3.09. The Hall–Kier alpha value is -3.13. The first-order valence-electron chi connectivity index (χ1n) is 10.0. The Bertz CT molecular complexity index is 1280. The highest BCUT2D eigenvalue weighted by Gasteiger charge is 2.28. The molecule has 0 saturated carbocycles. The van der Waals surface area contributed by atoms with Crippen molar-refractivity contribution in [1.29, 1.82) is 0 Å². The molecule has 31 heavy (non-hydrogen) atoms. The van der Waals surface area contributed by atoms with Gasteiger partial charge in [0.05, 0.1) is 18.6 Å². The zero-order valence-electron chi connectivity index (χ0n) is 17.1. The summed E-state index contributed by atoms with van der Waals surface area (Å²) in [7, 11) is -1.53. The first-order chi connectivity index (χ1) is 14.8. The van der Waals surface area contributed by atoms with E-state index < -0.39 is 15.5 Å². The number of fused-ring (bicyclic) bond motifs is 1. The fourth-order valence-corrected chi connectivity index (χ4v) is 5.61. The van der Waals surface area contributed by atoms with Crippen molar-refractivity contribution in [3.63, 3.8) is 0 Å². The SMILES string of the molecule is COc1cc2oc(=O)cc(-c3ccccc3)c2cc1CCC(=O)NC1CCS(=O)(=O)C1. The maximum absolute atomic E-state index is 12.4. The second-order valence-electron chi connectivity index (χ2n) is 7.67. The van der Waals surface area contributed by atoms with Crippen LogP contribution in [0.4, 0.5) is 0 Å². The smallest absolute Gasteiger partial charge is 0.336 e. The van der Waals surface area contributed by atoms with E-state index in [0.29, 0.717) is 24.2 Å². The number of methoxy groups -OCH3 is 1. The van der Waals surface area contributed by atoms with Gasteiger partial charge in [-0.05, 0) is 35.6 Å². The van der Waals surface area contributed by atoms with Crippen LogP contribution < -0.4 is 15.7 Å². The Morgan fingerprint density at radius 1 is 1.19 bits per heavy atom. The molecule has 1 atom stereocenters. The van der Waals surface area contributed by atoms with Crippen molar-refractivity contribution in [1.82, 2.24) is 5.32 Å². The van der Waals surface area contributed by atoms with Gasteiger partial charge in [0.25, 0.3) is 0 Å². The van der Waals surface area contributed by atoms with Crippen LogP contribution in [0.2, 0.25) is 0 Å². The van der Waals surface area contributed by atoms with Crippen LogP contribution in [0.25, 0.3) is 22.1 Å². The van der Waals surface area contributed by atoms with E-state index in [1.54, 1.807) is 6.07 Å². The highest BCUT2D eigenvalue weighted by molar-refractivity contribution is 7.91. The van der Waals surface area contributed by atoms with Crippen molar-refractivity contribution < 1.29 is 22.4 Å². The molecular formula is C23H23NO6S. The number of amides is 1. The molecule has 0 bridgehead atoms. The summed E-state index contributed by atoms with van der Waals surface area (Å²) < 4.78 is 34.0. The van der Waals surface area contributed by atoms with Gasteiger partial charge in [-0.1, -0.05) is 30.3 Å². The van der Waals surface area contributed by atoms with E-state index in [9.17, 15) is 18.0 Å². The molecule has 2 aromatic carbocycles. The van der Waals surface area contributed by atoms with E-state index in [2.05, 4.69) is 5.32 Å². The molecule has 7 nitrogen and oxygen atoms in total. The van der Waals surface area contributed by atoms with Gasteiger partial charge in [0.2, 0.25) is 5.91 Å². The monoisotopic (exact) mass is 441 g/mol. The van der Waals surface area contributed by atoms with Gasteiger partial charge < -0.3 is 14.5 Å². The van der Waals surface area contributed by atoms with Gasteiger partial charge in [0.1, 0.15) is 11.3 Å². The zero-order valence-corrected chi connectivity index (χ0v) is 17.9. The number of carbonyl (C=O) groups is 1. The lowest BCUT2D eigenvalue weighted by Crippen LogP contribution is -2.35. The minimum atomic E-state index is -3.05. The summed E-state index contributed by atoms with van der Waals surface area (Å²) in [5.74, 6) is 0.436. The first-order valence-corrected chi connectivity index (χ1v) is 11.9. The van der Waals surface area contributed by atoms with Crippen molar-refractivity contribution >= 4 is 26.7 Å². The maximum Gasteiger partial charge on any atom is 0.336 e. The normalized spacial score (nSPS) is 17.5. The molecule has 1 aromatic heterocycles. The molecule has 162 valence electrons. The third-order valence-corrected chi connectivity index (χ3v) is 7.22. The summed E-state index contributed by atoms with van der Waals surface area (Å²) in [6.07, 6.45) is 1.04. The second-order valence-corrected chi connectivity index (χ2v) is 9.90. The van der Waals surface area contributed by atoms with Crippen LogP contribution in [0.1, 0.15) is 18.4 Å². The van der Waals surface area contributed by atoms with E-state index in [-0.39, 0.29) is 29.9 Å². The Kier molecular flexibility index (Phi) is 5.82. The minimum Gasteiger partial charge on any atom is -0.496 e. The predicted octanol–water partition coefficient (Wildman–Crippen LogP) is 2.70. The lowest BCUT2D eigenvalue weighted by molar-refractivity contribution is -0.121. The molecular weight excluding hydrogens is 418 g/mol. The molecule has 0 radical (unpaired) electrons. The molecule has 0 aliphatic carbocycles. The summed E-state index contributed by atoms with van der Waals surface area (Å²) in [5.41, 5.74) is 2.39. The number of benzene rings is 2. The molecule has 1 aliphatic rings. The summed E-state index contributed by atoms with van der Waals surface area (Å²) in [4.78, 5) is 24.5. The highest BCUT2D eigenvalue weighted by Crippen LogP contribution is 2.32. The lowest BCUT2D eigenvalue weighted by Gasteiger charge is -2.14. The summed E-state index contributed by atoms with van der Waals surface area (Å²) >= 11 is 0. The van der Waals surface area contributed by atoms with Gasteiger partial charge in [-0.3, -0.25) is 4.79 Å². The molecule has 2 heterocycles. The number of sulfone groups is 1. The first kappa shape index (κ1) is 21.1. The Morgan fingerprint density at radius 2 is 1.97 bits per heavy atom. The predicted molar refractivity (Wildman–Crippen MR) is 118 cm³/mol. The molecule has 1 unspecified atom stereocenters. The summed E-state index contributed by atoms with van der Waals surface area (Å²) in [6, 6.07) is 14.2. The van der Waals surface area contributed by atoms with Crippen LogP contribution in [0.15, 0.2) is 57.7 Å². The standard InChI is InChI=1S/C23H23NO6S/c1-29-20-13-21-19(18(12-23(26)30-21)15-5-3-2-4-6-15)11-16(20)7-8-22(25)24-17-9-10-31(27,28)14-17/h2-6,11-13,17H,7-10,14H2,1H3,(H,24,25). The summed E-state index contributed by atoms with van der Waals surface area (Å²) in [5, 5.41) is 3.56. The number of hydrogen-bond acceptors (Lipinski definition) is 6. The molecule has 1 N–H and O–H groups in total. The topological polar surface area (TPSA) is 103 Å². The van der Waals surface area contributed by atoms with Crippen LogP contribution >= 0.6 is 0 Å². The number of rotatable bonds is 6. The van der Waals surface area contributed by atoms with E-state index >= 15 is 0 Å². The second kappa shape index (κ2) is 8.55. The Morgan fingerprint density at radius 3 is 2.65 bits per heavy atom. The van der Waals surface area contributed by atoms with Crippen LogP contribution in [0, 0.1) is 0 Å². The molecule has 8 heteroatoms. The Labute approximate surface area is 180 Å². The van der Waals surface area contributed by atoms with Crippen LogP contribution in [0.5, 0.6) is 5.75 Å². The van der Waals surface area contributed by atoms with Gasteiger partial charge in [-0.25, -0.2) is 13.2 Å². The number of hydrogen-bond donors (Lipinski definition) is 1. The molecule has 1 aliphatic heterocycles. The largest absolute Gasteiger partial charge is 0.496 e. The van der Waals surface area contributed by atoms with Crippen LogP contribution in [-0.2, 0) is 21.1 Å². The van der Waals surface area contributed by atoms with Crippen molar-refractivity contribution in [3.05, 3.63) is 64.5 Å². The van der Waals surface area contributed by atoms with Gasteiger partial charge in [-0.15, -0.1) is 0 Å². The fraction of sp³-hybridized carbons (Fsp3) is 0.304. The van der Waals surface area contributed by atoms with E-state index in [1.807, 2.05) is 36.4 Å². The Balaban J connectivity index is 1.61. The lowest BCUT2D eigenvalue weighted by atomic mass is 9.98. The zero-order chi connectivity index (χ0) is 22.0. The summed E-state index contributed by atoms with van der Waals surface area (Å²) in [6.45, 7) is 0. The van der Waals surface area contributed by atoms with Crippen molar-refractivity contribution in [2.75, 3.05) is 18.6 Å². The highest BCUT2D eigenvalue weighted by atomic mass is 32.2. The molecule has 1 amide bonds. The quantitative estimate of drug-likeness (QED) is 0.590. The number of carbonyl (C=O) groups excluding carboxylic acids is 1. The van der Waals surface area contributed by atoms with Crippen LogP contribution in [0.3, 0.4) is 0 Å². The fourth-order valence-electron chi connectivity index (χ4n) is 3.93. The van der Waals surface area contributed by atoms with Gasteiger partial charge in [-0.2, -0.15) is 0 Å². The third kappa shape index (κ3) is 4.80. The minimum absolute atomic E-state index is 0.00248. The van der Waals surface area contributed by atoms with Crippen molar-refractivity contribution in [3.8, 4) is 16.9 Å². The number of nitrogens with one attached hydrogen (secondary N) is 1. The average molecular weight is 442 g/mol. The molecule has 3 aromatic rings. The third-order valence-electron chi connectivity index (χ3n) is 5.45. The number of aryl methyl sites for hydroxylation is 1. The maximum atomic E-state index is 12.4. The molecule has 0 spiro atoms.